The van der Waals surface area contributed by atoms with E-state index in [1.54, 1.807) is 4.90 Å². The first kappa shape index (κ1) is 17.4. The van der Waals surface area contributed by atoms with Gasteiger partial charge in [-0.05, 0) is 11.8 Å². The minimum absolute atomic E-state index is 0.0926. The van der Waals surface area contributed by atoms with Gasteiger partial charge in [-0.3, -0.25) is 4.79 Å². The summed E-state index contributed by atoms with van der Waals surface area (Å²) in [5.74, 6) is 0.0765. The number of sulfonamides is 1. The van der Waals surface area contributed by atoms with E-state index in [1.807, 2.05) is 27.7 Å². The van der Waals surface area contributed by atoms with Crippen LogP contribution in [-0.2, 0) is 14.8 Å². The summed E-state index contributed by atoms with van der Waals surface area (Å²) < 4.78 is 25.4. The van der Waals surface area contributed by atoms with E-state index in [-0.39, 0.29) is 17.1 Å². The maximum atomic E-state index is 12.3. The minimum Gasteiger partial charge on any atom is -0.339 e. The molecule has 0 aromatic carbocycles. The standard InChI is InChI=1S/C13H27N3O3S/c1-5-10-20(18,19)16-8-6-15(7-9-16)12(17)11(14)13(2,3)4/h11H,5-10,14H2,1-4H3. The molecular formula is C13H27N3O3S. The van der Waals surface area contributed by atoms with E-state index in [1.165, 1.54) is 4.31 Å². The molecule has 7 heteroatoms. The highest BCUT2D eigenvalue weighted by Gasteiger charge is 2.34. The molecule has 1 rings (SSSR count). The smallest absolute Gasteiger partial charge is 0.240 e. The zero-order valence-corrected chi connectivity index (χ0v) is 13.7. The molecule has 0 radical (unpaired) electrons. The van der Waals surface area contributed by atoms with E-state index >= 15 is 0 Å². The molecule has 1 unspecified atom stereocenters. The molecule has 1 heterocycles. The van der Waals surface area contributed by atoms with Crippen LogP contribution < -0.4 is 5.73 Å². The van der Waals surface area contributed by atoms with E-state index in [0.717, 1.165) is 0 Å². The zero-order chi connectivity index (χ0) is 15.6. The van der Waals surface area contributed by atoms with Crippen LogP contribution in [0.4, 0.5) is 0 Å². The zero-order valence-electron chi connectivity index (χ0n) is 12.9. The van der Waals surface area contributed by atoms with Crippen LogP contribution in [0.5, 0.6) is 0 Å². The Morgan fingerprint density at radius 3 is 2.10 bits per heavy atom. The van der Waals surface area contributed by atoms with Gasteiger partial charge >= 0.3 is 0 Å². The lowest BCUT2D eigenvalue weighted by Gasteiger charge is -2.37. The third kappa shape index (κ3) is 4.17. The Kier molecular flexibility index (Phi) is 5.57. The second kappa shape index (κ2) is 6.41. The Hall–Kier alpha value is -0.660. The van der Waals surface area contributed by atoms with Gasteiger partial charge in [0.25, 0.3) is 0 Å². The summed E-state index contributed by atoms with van der Waals surface area (Å²) in [6.07, 6.45) is 0.608. The highest BCUT2D eigenvalue weighted by atomic mass is 32.2. The molecule has 2 N–H and O–H groups in total. The molecule has 1 aliphatic rings. The number of nitrogens with zero attached hydrogens (tertiary/aromatic N) is 2. The molecule has 0 aromatic heterocycles. The van der Waals surface area contributed by atoms with Crippen LogP contribution in [0.2, 0.25) is 0 Å². The van der Waals surface area contributed by atoms with E-state index < -0.39 is 16.1 Å². The Morgan fingerprint density at radius 2 is 1.70 bits per heavy atom. The van der Waals surface area contributed by atoms with Crippen LogP contribution in [0.1, 0.15) is 34.1 Å². The number of piperazine rings is 1. The summed E-state index contributed by atoms with van der Waals surface area (Å²) >= 11 is 0. The fraction of sp³-hybridized carbons (Fsp3) is 0.923. The first-order chi connectivity index (χ1) is 9.09. The molecule has 118 valence electrons. The van der Waals surface area contributed by atoms with Crippen LogP contribution >= 0.6 is 0 Å². The lowest BCUT2D eigenvalue weighted by atomic mass is 9.86. The molecule has 1 fully saturated rings. The molecule has 0 bridgehead atoms. The van der Waals surface area contributed by atoms with Gasteiger partial charge < -0.3 is 10.6 Å². The summed E-state index contributed by atoms with van der Waals surface area (Å²) in [6.45, 7) is 9.21. The Labute approximate surface area is 122 Å². The van der Waals surface area contributed by atoms with Crippen LogP contribution in [-0.4, -0.2) is 61.5 Å². The van der Waals surface area contributed by atoms with Crippen molar-refractivity contribution in [1.82, 2.24) is 9.21 Å². The predicted octanol–water partition coefficient (Wildman–Crippen LogP) is 0.244. The number of carbonyl (C=O) groups excluding carboxylic acids is 1. The van der Waals surface area contributed by atoms with Crippen LogP contribution in [0.25, 0.3) is 0 Å². The van der Waals surface area contributed by atoms with Crippen molar-refractivity contribution in [3.8, 4) is 0 Å². The first-order valence-electron chi connectivity index (χ1n) is 7.12. The molecule has 1 aliphatic heterocycles. The highest BCUT2D eigenvalue weighted by molar-refractivity contribution is 7.89. The molecule has 0 aliphatic carbocycles. The number of hydrogen-bond donors (Lipinski definition) is 1. The van der Waals surface area contributed by atoms with E-state index in [9.17, 15) is 13.2 Å². The third-order valence-electron chi connectivity index (χ3n) is 3.60. The van der Waals surface area contributed by atoms with Gasteiger partial charge in [0, 0.05) is 26.2 Å². The topological polar surface area (TPSA) is 83.7 Å². The van der Waals surface area contributed by atoms with Gasteiger partial charge in [0.15, 0.2) is 0 Å². The fourth-order valence-corrected chi connectivity index (χ4v) is 3.63. The molecule has 0 saturated carbocycles. The maximum Gasteiger partial charge on any atom is 0.240 e. The van der Waals surface area contributed by atoms with Crippen molar-refractivity contribution >= 4 is 15.9 Å². The van der Waals surface area contributed by atoms with E-state index in [0.29, 0.717) is 32.6 Å². The largest absolute Gasteiger partial charge is 0.339 e. The van der Waals surface area contributed by atoms with Gasteiger partial charge in [-0.25, -0.2) is 8.42 Å². The number of rotatable bonds is 4. The quantitative estimate of drug-likeness (QED) is 0.806. The summed E-state index contributed by atoms with van der Waals surface area (Å²) in [5.41, 5.74) is 5.68. The second-order valence-electron chi connectivity index (χ2n) is 6.38. The summed E-state index contributed by atoms with van der Waals surface area (Å²) in [7, 11) is -3.17. The van der Waals surface area contributed by atoms with Crippen molar-refractivity contribution < 1.29 is 13.2 Å². The van der Waals surface area contributed by atoms with Crippen molar-refractivity contribution in [1.29, 1.82) is 0 Å². The fourth-order valence-electron chi connectivity index (χ4n) is 2.14. The van der Waals surface area contributed by atoms with Crippen molar-refractivity contribution in [2.24, 2.45) is 11.1 Å². The Bertz CT molecular complexity index is 434. The molecule has 20 heavy (non-hydrogen) atoms. The van der Waals surface area contributed by atoms with Crippen molar-refractivity contribution in [2.75, 3.05) is 31.9 Å². The van der Waals surface area contributed by atoms with Gasteiger partial charge in [-0.15, -0.1) is 0 Å². The predicted molar refractivity (Wildman–Crippen MR) is 79.7 cm³/mol. The van der Waals surface area contributed by atoms with Gasteiger partial charge in [0.1, 0.15) is 0 Å². The number of hydrogen-bond acceptors (Lipinski definition) is 4. The summed E-state index contributed by atoms with van der Waals surface area (Å²) in [5, 5.41) is 0. The first-order valence-corrected chi connectivity index (χ1v) is 8.72. The average molecular weight is 305 g/mol. The monoisotopic (exact) mass is 305 g/mol. The molecule has 0 aromatic rings. The van der Waals surface area contributed by atoms with Crippen LogP contribution in [0, 0.1) is 5.41 Å². The van der Waals surface area contributed by atoms with Crippen LogP contribution in [0.3, 0.4) is 0 Å². The second-order valence-corrected chi connectivity index (χ2v) is 8.47. The van der Waals surface area contributed by atoms with Gasteiger partial charge in [0.05, 0.1) is 11.8 Å². The van der Waals surface area contributed by atoms with Crippen molar-refractivity contribution in [3.05, 3.63) is 0 Å². The average Bonchev–Trinajstić information content (AvgIpc) is 2.36. The molecule has 1 amide bonds. The van der Waals surface area contributed by atoms with Crippen LogP contribution in [0.15, 0.2) is 0 Å². The molecule has 1 atom stereocenters. The molecular weight excluding hydrogens is 278 g/mol. The minimum atomic E-state index is -3.17. The summed E-state index contributed by atoms with van der Waals surface area (Å²) in [6, 6.07) is -0.554. The maximum absolute atomic E-state index is 12.3. The summed E-state index contributed by atoms with van der Waals surface area (Å²) in [4.78, 5) is 13.9. The molecule has 0 spiro atoms. The van der Waals surface area contributed by atoms with Gasteiger partial charge in [-0.2, -0.15) is 4.31 Å². The number of nitrogens with two attached hydrogens (primary N) is 1. The normalized spacial score (nSPS) is 19.9. The van der Waals surface area contributed by atoms with E-state index in [4.69, 9.17) is 5.73 Å². The van der Waals surface area contributed by atoms with E-state index in [2.05, 4.69) is 0 Å². The third-order valence-corrected chi connectivity index (χ3v) is 5.68. The Balaban J connectivity index is 2.61. The Morgan fingerprint density at radius 1 is 1.20 bits per heavy atom. The molecule has 6 nitrogen and oxygen atoms in total. The van der Waals surface area contributed by atoms with Crippen molar-refractivity contribution in [3.63, 3.8) is 0 Å². The van der Waals surface area contributed by atoms with Gasteiger partial charge in [0.2, 0.25) is 15.9 Å². The molecule has 1 saturated heterocycles. The number of carbonyl (C=O) groups is 1. The van der Waals surface area contributed by atoms with Crippen molar-refractivity contribution in [2.45, 2.75) is 40.2 Å². The lowest BCUT2D eigenvalue weighted by molar-refractivity contribution is -0.136. The lowest BCUT2D eigenvalue weighted by Crippen LogP contribution is -2.57. The van der Waals surface area contributed by atoms with Gasteiger partial charge in [-0.1, -0.05) is 27.7 Å². The highest BCUT2D eigenvalue weighted by Crippen LogP contribution is 2.20. The SMILES string of the molecule is CCCS(=O)(=O)N1CCN(C(=O)C(N)C(C)(C)C)CC1. The number of amides is 1.